The average Bonchev–Trinajstić information content (AvgIpc) is 3.50. The topological polar surface area (TPSA) is 113 Å². The first-order chi connectivity index (χ1) is 20.6. The Balaban J connectivity index is 0.00000103. The molecule has 0 radical (unpaired) electrons. The van der Waals surface area contributed by atoms with Crippen LogP contribution in [0.3, 0.4) is 0 Å². The van der Waals surface area contributed by atoms with Gasteiger partial charge in [0, 0.05) is 29.1 Å². The second-order valence-electron chi connectivity index (χ2n) is 11.7. The maximum atomic E-state index is 16.5. The number of nitrogens with zero attached hydrogens (tertiary/aromatic N) is 5. The molecule has 5 heterocycles. The van der Waals surface area contributed by atoms with Crippen LogP contribution in [0.4, 0.5) is 28.9 Å². The molecule has 0 spiro atoms. The number of amides is 1. The van der Waals surface area contributed by atoms with Gasteiger partial charge >= 0.3 is 6.09 Å². The van der Waals surface area contributed by atoms with Crippen molar-refractivity contribution in [2.45, 2.75) is 71.4 Å². The highest BCUT2D eigenvalue weighted by Gasteiger charge is 2.32. The molecule has 1 amide bonds. The monoisotopic (exact) mass is 610 g/mol. The van der Waals surface area contributed by atoms with Crippen molar-refractivity contribution in [3.63, 3.8) is 0 Å². The van der Waals surface area contributed by atoms with Crippen LogP contribution in [0.5, 0.6) is 0 Å². The molecular weight excluding hydrogens is 581 g/mol. The summed E-state index contributed by atoms with van der Waals surface area (Å²) in [6.07, 6.45) is 5.45. The van der Waals surface area contributed by atoms with Crippen molar-refractivity contribution in [3.8, 4) is 17.3 Å². The van der Waals surface area contributed by atoms with E-state index in [0.29, 0.717) is 29.5 Å². The highest BCUT2D eigenvalue weighted by atomic mass is 32.1. The Hall–Kier alpha value is -4.02. The summed E-state index contributed by atoms with van der Waals surface area (Å²) in [7, 11) is 0. The van der Waals surface area contributed by atoms with Gasteiger partial charge in [0.1, 0.15) is 28.4 Å². The van der Waals surface area contributed by atoms with Gasteiger partial charge in [-0.05, 0) is 38.3 Å². The number of nitrogens with one attached hydrogen (secondary N) is 1. The number of fused-ring (bicyclic) bond motifs is 4. The number of halogens is 3. The predicted molar refractivity (Wildman–Crippen MR) is 157 cm³/mol. The Morgan fingerprint density at radius 3 is 2.58 bits per heavy atom. The van der Waals surface area contributed by atoms with E-state index in [1.807, 2.05) is 6.07 Å². The molecule has 1 saturated carbocycles. The van der Waals surface area contributed by atoms with E-state index in [9.17, 15) is 14.4 Å². The van der Waals surface area contributed by atoms with Gasteiger partial charge in [0.25, 0.3) is 0 Å². The number of carbonyl (C=O) groups is 1. The number of thiophene rings is 1. The summed E-state index contributed by atoms with van der Waals surface area (Å²) in [6, 6.07) is 2.01. The molecule has 1 saturated heterocycles. The molecule has 7 rings (SSSR count). The molecule has 13 heteroatoms. The largest absolute Gasteiger partial charge is 0.444 e. The van der Waals surface area contributed by atoms with Gasteiger partial charge < -0.3 is 14.4 Å². The normalized spacial score (nSPS) is 17.4. The van der Waals surface area contributed by atoms with Crippen molar-refractivity contribution < 1.29 is 27.4 Å². The predicted octanol–water partition coefficient (Wildman–Crippen LogP) is 7.15. The van der Waals surface area contributed by atoms with Crippen LogP contribution in [0, 0.1) is 23.0 Å². The Kier molecular flexibility index (Phi) is 7.60. The fraction of sp³-hybridized carbons (Fsp3) is 0.433. The first-order valence-electron chi connectivity index (χ1n) is 14.0. The van der Waals surface area contributed by atoms with E-state index in [-0.39, 0.29) is 63.1 Å². The molecule has 1 unspecified atom stereocenters. The second-order valence-corrected chi connectivity index (χ2v) is 12.7. The zero-order valence-electron chi connectivity index (χ0n) is 23.9. The fourth-order valence-corrected chi connectivity index (χ4v) is 6.09. The van der Waals surface area contributed by atoms with E-state index in [1.54, 1.807) is 25.7 Å². The lowest BCUT2D eigenvalue weighted by molar-refractivity contribution is 0.0636. The summed E-state index contributed by atoms with van der Waals surface area (Å²) in [5.41, 5.74) is 0.305. The molecular formula is C30H29F3N6O3S. The number of hydrogen-bond acceptors (Lipinski definition) is 9. The van der Waals surface area contributed by atoms with Crippen LogP contribution in [0.1, 0.15) is 63.1 Å². The van der Waals surface area contributed by atoms with Gasteiger partial charge in [0.2, 0.25) is 5.95 Å². The van der Waals surface area contributed by atoms with Gasteiger partial charge in [-0.15, -0.1) is 11.3 Å². The van der Waals surface area contributed by atoms with Gasteiger partial charge in [0.15, 0.2) is 11.6 Å². The van der Waals surface area contributed by atoms with Crippen LogP contribution in [-0.4, -0.2) is 45.9 Å². The van der Waals surface area contributed by atoms with Crippen LogP contribution < -0.4 is 10.2 Å². The van der Waals surface area contributed by atoms with Crippen LogP contribution in [0.2, 0.25) is 0 Å². The van der Waals surface area contributed by atoms with Gasteiger partial charge in [-0.2, -0.15) is 5.26 Å². The molecule has 2 fully saturated rings. The zero-order chi connectivity index (χ0) is 30.5. The summed E-state index contributed by atoms with van der Waals surface area (Å²) < 4.78 is 56.3. The third-order valence-corrected chi connectivity index (χ3v) is 8.20. The summed E-state index contributed by atoms with van der Waals surface area (Å²) in [5, 5.41) is 13.1. The lowest BCUT2D eigenvalue weighted by Crippen LogP contribution is -2.27. The molecule has 224 valence electrons. The maximum absolute atomic E-state index is 16.5. The number of rotatable bonds is 3. The van der Waals surface area contributed by atoms with Crippen LogP contribution in [-0.2, 0) is 22.7 Å². The Labute approximate surface area is 249 Å². The lowest BCUT2D eigenvalue weighted by Gasteiger charge is -2.19. The van der Waals surface area contributed by atoms with Gasteiger partial charge in [-0.1, -0.05) is 19.3 Å². The van der Waals surface area contributed by atoms with Gasteiger partial charge in [-0.25, -0.2) is 27.9 Å². The smallest absolute Gasteiger partial charge is 0.412 e. The minimum absolute atomic E-state index is 0.00771. The number of pyridine rings is 1. The molecule has 1 N–H and O–H groups in total. The van der Waals surface area contributed by atoms with Crippen molar-refractivity contribution in [1.29, 1.82) is 5.26 Å². The Bertz CT molecular complexity index is 1790. The summed E-state index contributed by atoms with van der Waals surface area (Å²) >= 11 is 0.830. The molecule has 1 atom stereocenters. The van der Waals surface area contributed by atoms with Crippen molar-refractivity contribution in [1.82, 2.24) is 15.0 Å². The quantitative estimate of drug-likeness (QED) is 0.260. The molecule has 1 aromatic carbocycles. The number of ether oxygens (including phenoxy) is 2. The Morgan fingerprint density at radius 2 is 1.93 bits per heavy atom. The molecule has 2 aliphatic heterocycles. The van der Waals surface area contributed by atoms with E-state index >= 15 is 8.78 Å². The number of aromatic nitrogens is 3. The minimum atomic E-state index is -1.02. The molecule has 4 aromatic rings. The number of carbonyl (C=O) groups excluding carboxylic acids is 1. The first-order valence-corrected chi connectivity index (χ1v) is 14.9. The number of alkyl halides is 1. The van der Waals surface area contributed by atoms with E-state index < -0.39 is 29.5 Å². The maximum Gasteiger partial charge on any atom is 0.412 e. The van der Waals surface area contributed by atoms with E-state index in [0.717, 1.165) is 17.5 Å². The fourth-order valence-electron chi connectivity index (χ4n) is 5.05. The highest BCUT2D eigenvalue weighted by molar-refractivity contribution is 7.23. The number of hydrogen-bond donors (Lipinski definition) is 1. The number of nitriles is 1. The molecule has 0 bridgehead atoms. The molecule has 1 aliphatic carbocycles. The highest BCUT2D eigenvalue weighted by Crippen LogP contribution is 2.46. The van der Waals surface area contributed by atoms with Crippen LogP contribution >= 0.6 is 11.3 Å². The van der Waals surface area contributed by atoms with E-state index in [2.05, 4.69) is 20.3 Å². The lowest BCUT2D eigenvalue weighted by atomic mass is 9.94. The van der Waals surface area contributed by atoms with Crippen molar-refractivity contribution in [3.05, 3.63) is 40.7 Å². The van der Waals surface area contributed by atoms with Crippen molar-refractivity contribution in [2.24, 2.45) is 0 Å². The minimum Gasteiger partial charge on any atom is -0.444 e. The standard InChI is InChI=1S/C27H23F3N6O3S.C3H6/c1-27(2,3)39-26(37)35-24-13(6-31)19-22(32-8-17(29)23(19)40-24)18-16-11-38-10-15(16)14-7-33-25(34-21(14)20(18)30)36-5-4-12(28)9-36;1-2-3-1/h7-8,12H,4-5,9-11H2,1-3H3,(H,35,37);1-3H2. The van der Waals surface area contributed by atoms with Crippen LogP contribution in [0.15, 0.2) is 12.4 Å². The van der Waals surface area contributed by atoms with Crippen molar-refractivity contribution in [2.75, 3.05) is 23.3 Å². The van der Waals surface area contributed by atoms with E-state index in [4.69, 9.17) is 9.47 Å². The average molecular weight is 611 g/mol. The first kappa shape index (κ1) is 29.1. The third kappa shape index (κ3) is 5.69. The van der Waals surface area contributed by atoms with E-state index in [1.165, 1.54) is 25.5 Å². The van der Waals surface area contributed by atoms with Crippen LogP contribution in [0.25, 0.3) is 32.2 Å². The third-order valence-electron chi connectivity index (χ3n) is 7.09. The SMILES string of the molecule is C1CC1.CC(C)(C)OC(=O)Nc1sc2c(F)cnc(-c3c4c(c5cnc(N6CCC(F)C6)nc5c3F)COC4)c2c1C#N. The van der Waals surface area contributed by atoms with Crippen molar-refractivity contribution >= 4 is 49.4 Å². The molecule has 43 heavy (non-hydrogen) atoms. The number of benzene rings is 1. The second kappa shape index (κ2) is 11.2. The molecule has 3 aliphatic rings. The number of anilines is 2. The van der Waals surface area contributed by atoms with Gasteiger partial charge in [0.05, 0.1) is 41.9 Å². The zero-order valence-corrected chi connectivity index (χ0v) is 24.7. The summed E-state index contributed by atoms with van der Waals surface area (Å²) in [5.74, 6) is -1.27. The Morgan fingerprint density at radius 1 is 1.19 bits per heavy atom. The molecule has 3 aromatic heterocycles. The summed E-state index contributed by atoms with van der Waals surface area (Å²) in [4.78, 5) is 27.2. The summed E-state index contributed by atoms with van der Waals surface area (Å²) in [6.45, 7) is 5.80. The molecule has 9 nitrogen and oxygen atoms in total. The van der Waals surface area contributed by atoms with Gasteiger partial charge in [-0.3, -0.25) is 10.3 Å².